The van der Waals surface area contributed by atoms with Crippen LogP contribution >= 0.6 is 0 Å². The van der Waals surface area contributed by atoms with Crippen molar-refractivity contribution in [2.24, 2.45) is 0 Å². The van der Waals surface area contributed by atoms with Crippen LogP contribution in [0.15, 0.2) is 36.1 Å². The molecular formula is C23H25NO5. The van der Waals surface area contributed by atoms with Gasteiger partial charge in [-0.15, -0.1) is 0 Å². The van der Waals surface area contributed by atoms with Crippen LogP contribution in [0.4, 0.5) is 0 Å². The van der Waals surface area contributed by atoms with E-state index in [0.717, 1.165) is 13.1 Å². The van der Waals surface area contributed by atoms with Crippen molar-refractivity contribution < 1.29 is 29.0 Å². The van der Waals surface area contributed by atoms with Crippen LogP contribution in [0.5, 0.6) is 23.0 Å². The van der Waals surface area contributed by atoms with E-state index in [0.29, 0.717) is 40.5 Å². The van der Waals surface area contributed by atoms with Gasteiger partial charge in [-0.1, -0.05) is 11.8 Å². The molecule has 152 valence electrons. The summed E-state index contributed by atoms with van der Waals surface area (Å²) in [6, 6.07) is 8.40. The summed E-state index contributed by atoms with van der Waals surface area (Å²) in [6.07, 6.45) is 5.23. The molecule has 0 saturated carbocycles. The van der Waals surface area contributed by atoms with Gasteiger partial charge in [0.2, 0.25) is 5.78 Å². The third-order valence-corrected chi connectivity index (χ3v) is 5.61. The number of likely N-dealkylation sites (tertiary alicyclic amines) is 1. The number of carbonyl (C=O) groups excluding carboxylic acids is 1. The van der Waals surface area contributed by atoms with E-state index in [1.807, 2.05) is 6.07 Å². The van der Waals surface area contributed by atoms with Crippen LogP contribution in [0, 0.1) is 0 Å². The molecule has 0 unspecified atom stereocenters. The Morgan fingerprint density at radius 1 is 1.10 bits per heavy atom. The number of rotatable bonds is 5. The topological polar surface area (TPSA) is 72.3 Å². The number of fused-ring (bicyclic) bond motifs is 1. The Hall–Kier alpha value is -2.99. The van der Waals surface area contributed by atoms with Gasteiger partial charge in [-0.05, 0) is 43.5 Å². The van der Waals surface area contributed by atoms with Crippen molar-refractivity contribution in [3.8, 4) is 23.0 Å². The van der Waals surface area contributed by atoms with Gasteiger partial charge >= 0.3 is 0 Å². The maximum absolute atomic E-state index is 12.9. The molecule has 0 radical (unpaired) electrons. The summed E-state index contributed by atoms with van der Waals surface area (Å²) in [7, 11) is 3.14. The zero-order valence-corrected chi connectivity index (χ0v) is 16.7. The van der Waals surface area contributed by atoms with Crippen LogP contribution < -0.4 is 24.2 Å². The van der Waals surface area contributed by atoms with E-state index in [4.69, 9.17) is 14.2 Å². The first-order valence-corrected chi connectivity index (χ1v) is 9.93. The van der Waals surface area contributed by atoms with Crippen LogP contribution in [0.1, 0.15) is 40.7 Å². The van der Waals surface area contributed by atoms with Crippen LogP contribution in [-0.2, 0) is 6.54 Å². The molecule has 2 aromatic carbocycles. The number of methoxy groups -OCH3 is 2. The number of carbonyl (C=O) groups is 1. The van der Waals surface area contributed by atoms with Gasteiger partial charge in [0.25, 0.3) is 0 Å². The fourth-order valence-corrected chi connectivity index (χ4v) is 4.01. The number of hydrogen-bond donors (Lipinski definition) is 1. The lowest BCUT2D eigenvalue weighted by Gasteiger charge is -2.26. The molecule has 0 amide bonds. The van der Waals surface area contributed by atoms with E-state index in [2.05, 4.69) is 0 Å². The molecule has 0 aliphatic carbocycles. The normalized spacial score (nSPS) is 17.9. The Labute approximate surface area is 170 Å². The van der Waals surface area contributed by atoms with Crippen molar-refractivity contribution in [3.05, 3.63) is 52.8 Å². The number of hydrogen-bond acceptors (Lipinski definition) is 5. The minimum atomic E-state index is -0.215. The minimum Gasteiger partial charge on any atom is -0.872 e. The van der Waals surface area contributed by atoms with Gasteiger partial charge in [0.15, 0.2) is 5.76 Å². The molecule has 2 heterocycles. The highest BCUT2D eigenvalue weighted by atomic mass is 16.5. The van der Waals surface area contributed by atoms with Crippen LogP contribution in [0.3, 0.4) is 0 Å². The quantitative estimate of drug-likeness (QED) is 0.784. The predicted octanol–water partition coefficient (Wildman–Crippen LogP) is 1.96. The Bertz CT molecular complexity index is 960. The second kappa shape index (κ2) is 8.17. The van der Waals surface area contributed by atoms with Crippen molar-refractivity contribution in [1.29, 1.82) is 0 Å². The largest absolute Gasteiger partial charge is 0.872 e. The molecule has 1 saturated heterocycles. The van der Waals surface area contributed by atoms with Crippen molar-refractivity contribution in [2.75, 3.05) is 27.3 Å². The molecular weight excluding hydrogens is 370 g/mol. The van der Waals surface area contributed by atoms with Gasteiger partial charge in [0.05, 0.1) is 32.9 Å². The summed E-state index contributed by atoms with van der Waals surface area (Å²) in [5, 5.41) is 12.5. The first kappa shape index (κ1) is 19.3. The number of nitrogens with one attached hydrogen (secondary N) is 1. The average molecular weight is 395 g/mol. The molecule has 29 heavy (non-hydrogen) atoms. The van der Waals surface area contributed by atoms with Gasteiger partial charge in [-0.2, -0.15) is 0 Å². The summed E-state index contributed by atoms with van der Waals surface area (Å²) in [6.45, 7) is 2.68. The lowest BCUT2D eigenvalue weighted by Crippen LogP contribution is -3.11. The van der Waals surface area contributed by atoms with E-state index >= 15 is 0 Å². The second-order valence-corrected chi connectivity index (χ2v) is 7.45. The van der Waals surface area contributed by atoms with E-state index in [1.165, 1.54) is 30.2 Å². The number of Topliss-reactive ketones (excluding diaryl/α,β-unsaturated/α-hetero) is 1. The Morgan fingerprint density at radius 3 is 2.62 bits per heavy atom. The van der Waals surface area contributed by atoms with Crippen LogP contribution in [0.2, 0.25) is 0 Å². The number of ether oxygens (including phenoxy) is 3. The molecule has 0 bridgehead atoms. The molecule has 2 aromatic rings. The molecule has 0 aromatic heterocycles. The zero-order valence-electron chi connectivity index (χ0n) is 16.7. The number of ketones is 1. The third kappa shape index (κ3) is 3.80. The Balaban J connectivity index is 1.66. The fourth-order valence-electron chi connectivity index (χ4n) is 4.01. The summed E-state index contributed by atoms with van der Waals surface area (Å²) in [4.78, 5) is 14.3. The standard InChI is InChI=1S/C23H25NO5/c1-27-16-7-6-15(20(13-16)28-2)12-21-22(26)17-8-9-19(25)18(23(17)29-21)14-24-10-4-3-5-11-24/h6-9,12-13,25H,3-5,10-11,14H2,1-2H3. The van der Waals surface area contributed by atoms with Crippen molar-refractivity contribution >= 4 is 11.9 Å². The summed E-state index contributed by atoms with van der Waals surface area (Å²) in [5.74, 6) is 1.56. The van der Waals surface area contributed by atoms with E-state index in [-0.39, 0.29) is 17.3 Å². The highest BCUT2D eigenvalue weighted by Gasteiger charge is 2.31. The van der Waals surface area contributed by atoms with Crippen molar-refractivity contribution in [2.45, 2.75) is 25.8 Å². The van der Waals surface area contributed by atoms with Gasteiger partial charge in [0, 0.05) is 17.2 Å². The molecule has 6 nitrogen and oxygen atoms in total. The number of piperidine rings is 1. The molecule has 0 atom stereocenters. The number of benzene rings is 2. The average Bonchev–Trinajstić information content (AvgIpc) is 3.07. The van der Waals surface area contributed by atoms with Crippen LogP contribution in [0.25, 0.3) is 6.08 Å². The third-order valence-electron chi connectivity index (χ3n) is 5.61. The molecule has 2 aliphatic rings. The monoisotopic (exact) mass is 395 g/mol. The van der Waals surface area contributed by atoms with Crippen molar-refractivity contribution in [1.82, 2.24) is 0 Å². The molecule has 1 N–H and O–H groups in total. The van der Waals surface area contributed by atoms with Gasteiger partial charge in [-0.25, -0.2) is 0 Å². The summed E-state index contributed by atoms with van der Waals surface area (Å²) in [5.41, 5.74) is 1.75. The highest BCUT2D eigenvalue weighted by Crippen LogP contribution is 2.39. The number of quaternary nitrogens is 1. The maximum atomic E-state index is 12.9. The minimum absolute atomic E-state index is 0.0714. The highest BCUT2D eigenvalue weighted by molar-refractivity contribution is 6.15. The lowest BCUT2D eigenvalue weighted by molar-refractivity contribution is -0.918. The molecule has 0 spiro atoms. The SMILES string of the molecule is COc1ccc(C=C2Oc3c(ccc([O-])c3C[NH+]3CCCCC3)C2=O)c(OC)c1. The Kier molecular flexibility index (Phi) is 5.45. The number of allylic oxidation sites excluding steroid dienone is 1. The first-order chi connectivity index (χ1) is 14.1. The predicted molar refractivity (Wildman–Crippen MR) is 107 cm³/mol. The molecule has 4 rings (SSSR count). The molecule has 6 heteroatoms. The van der Waals surface area contributed by atoms with Crippen molar-refractivity contribution in [3.63, 3.8) is 0 Å². The van der Waals surface area contributed by atoms with E-state index in [1.54, 1.807) is 38.5 Å². The zero-order chi connectivity index (χ0) is 20.4. The van der Waals surface area contributed by atoms with Gasteiger partial charge < -0.3 is 24.2 Å². The van der Waals surface area contributed by atoms with E-state index < -0.39 is 0 Å². The molecule has 1 fully saturated rings. The van der Waals surface area contributed by atoms with Crippen LogP contribution in [-0.4, -0.2) is 33.1 Å². The smallest absolute Gasteiger partial charge is 0.231 e. The lowest BCUT2D eigenvalue weighted by atomic mass is 10.0. The summed E-state index contributed by atoms with van der Waals surface area (Å²) < 4.78 is 16.6. The first-order valence-electron chi connectivity index (χ1n) is 9.93. The Morgan fingerprint density at radius 2 is 1.90 bits per heavy atom. The molecule has 2 aliphatic heterocycles. The van der Waals surface area contributed by atoms with Gasteiger partial charge in [-0.3, -0.25) is 4.79 Å². The van der Waals surface area contributed by atoms with Gasteiger partial charge in [0.1, 0.15) is 23.8 Å². The van der Waals surface area contributed by atoms with E-state index in [9.17, 15) is 9.90 Å². The summed E-state index contributed by atoms with van der Waals surface area (Å²) >= 11 is 0. The maximum Gasteiger partial charge on any atom is 0.231 e. The second-order valence-electron chi connectivity index (χ2n) is 7.45. The fraction of sp³-hybridized carbons (Fsp3) is 0.348.